The summed E-state index contributed by atoms with van der Waals surface area (Å²) in [6.07, 6.45) is 12.3. The zero-order valence-corrected chi connectivity index (χ0v) is 11.4. The van der Waals surface area contributed by atoms with E-state index in [9.17, 15) is 9.59 Å². The van der Waals surface area contributed by atoms with E-state index in [2.05, 4.69) is 16.9 Å². The molecule has 4 heteroatoms. The minimum absolute atomic E-state index is 0.615. The monoisotopic (exact) mass is 252 g/mol. The normalized spacial score (nSPS) is 11.4. The van der Waals surface area contributed by atoms with E-state index in [-0.39, 0.29) is 0 Å². The number of carbonyl (C=O) groups excluding carboxylic acids is 2. The highest BCUT2D eigenvalue weighted by Crippen LogP contribution is 2.19. The van der Waals surface area contributed by atoms with Crippen LogP contribution in [-0.2, 0) is 9.59 Å². The fourth-order valence-corrected chi connectivity index (χ4v) is 2.07. The molecule has 0 aromatic heterocycles. The SMILES string of the molecule is CCC(CCCCCN=C=O)CCCCN=C=O. The summed E-state index contributed by atoms with van der Waals surface area (Å²) < 4.78 is 0. The summed E-state index contributed by atoms with van der Waals surface area (Å²) in [6.45, 7) is 3.46. The molecule has 0 aliphatic rings. The molecule has 0 radical (unpaired) electrons. The molecular weight excluding hydrogens is 228 g/mol. The first kappa shape index (κ1) is 16.8. The molecule has 0 amide bonds. The average Bonchev–Trinajstić information content (AvgIpc) is 2.40. The maximum absolute atomic E-state index is 9.88. The number of hydrogen-bond acceptors (Lipinski definition) is 4. The van der Waals surface area contributed by atoms with Gasteiger partial charge in [0.2, 0.25) is 12.2 Å². The Kier molecular flexibility index (Phi) is 12.9. The van der Waals surface area contributed by atoms with Crippen LogP contribution in [0, 0.1) is 5.92 Å². The first-order valence-corrected chi connectivity index (χ1v) is 6.92. The summed E-state index contributed by atoms with van der Waals surface area (Å²) in [5, 5.41) is 0. The van der Waals surface area contributed by atoms with Crippen LogP contribution in [0.15, 0.2) is 9.98 Å². The highest BCUT2D eigenvalue weighted by atomic mass is 16.1. The predicted octanol–water partition coefficient (Wildman–Crippen LogP) is 3.41. The highest BCUT2D eigenvalue weighted by molar-refractivity contribution is 5.32. The van der Waals surface area contributed by atoms with Gasteiger partial charge in [0, 0.05) is 0 Å². The molecule has 0 fully saturated rings. The first-order chi connectivity index (χ1) is 8.85. The standard InChI is InChI=1S/C14H24N2O2/c1-2-14(9-5-7-11-16-13-18)8-4-3-6-10-15-12-17/h14H,2-11H2,1H3. The van der Waals surface area contributed by atoms with E-state index in [0.29, 0.717) is 13.1 Å². The van der Waals surface area contributed by atoms with Crippen molar-refractivity contribution in [2.24, 2.45) is 15.9 Å². The maximum atomic E-state index is 9.88. The van der Waals surface area contributed by atoms with Crippen molar-refractivity contribution >= 4 is 12.2 Å². The van der Waals surface area contributed by atoms with Crippen LogP contribution in [0.2, 0.25) is 0 Å². The Morgan fingerprint density at radius 3 is 1.83 bits per heavy atom. The number of isocyanates is 2. The Morgan fingerprint density at radius 1 is 0.833 bits per heavy atom. The van der Waals surface area contributed by atoms with Crippen molar-refractivity contribution in [3.8, 4) is 0 Å². The minimum Gasteiger partial charge on any atom is -0.211 e. The smallest absolute Gasteiger partial charge is 0.211 e. The molecule has 0 N–H and O–H groups in total. The van der Waals surface area contributed by atoms with Crippen LogP contribution in [-0.4, -0.2) is 25.2 Å². The molecule has 102 valence electrons. The van der Waals surface area contributed by atoms with Crippen LogP contribution in [0.25, 0.3) is 0 Å². The third kappa shape index (κ3) is 11.3. The van der Waals surface area contributed by atoms with E-state index >= 15 is 0 Å². The van der Waals surface area contributed by atoms with Crippen LogP contribution >= 0.6 is 0 Å². The number of hydrogen-bond donors (Lipinski definition) is 0. The summed E-state index contributed by atoms with van der Waals surface area (Å²) >= 11 is 0. The van der Waals surface area contributed by atoms with Crippen LogP contribution < -0.4 is 0 Å². The van der Waals surface area contributed by atoms with Gasteiger partial charge in [0.1, 0.15) is 0 Å². The van der Waals surface area contributed by atoms with E-state index < -0.39 is 0 Å². The molecular formula is C14H24N2O2. The molecule has 0 aliphatic heterocycles. The van der Waals surface area contributed by atoms with Crippen LogP contribution in [0.1, 0.15) is 58.3 Å². The van der Waals surface area contributed by atoms with Crippen molar-refractivity contribution < 1.29 is 9.59 Å². The largest absolute Gasteiger partial charge is 0.234 e. The van der Waals surface area contributed by atoms with Crippen molar-refractivity contribution in [1.29, 1.82) is 0 Å². The lowest BCUT2D eigenvalue weighted by Gasteiger charge is -2.13. The summed E-state index contributed by atoms with van der Waals surface area (Å²) in [4.78, 5) is 26.8. The van der Waals surface area contributed by atoms with Crippen LogP contribution in [0.4, 0.5) is 0 Å². The molecule has 0 heterocycles. The number of nitrogens with zero attached hydrogens (tertiary/aromatic N) is 2. The quantitative estimate of drug-likeness (QED) is 0.303. The van der Waals surface area contributed by atoms with Gasteiger partial charge in [-0.05, 0) is 18.8 Å². The van der Waals surface area contributed by atoms with E-state index in [1.165, 1.54) is 25.7 Å². The zero-order chi connectivity index (χ0) is 13.5. The molecule has 0 aromatic carbocycles. The lowest BCUT2D eigenvalue weighted by molar-refractivity contribution is 0.400. The van der Waals surface area contributed by atoms with Crippen LogP contribution in [0.3, 0.4) is 0 Å². The molecule has 0 saturated heterocycles. The van der Waals surface area contributed by atoms with Crippen molar-refractivity contribution in [2.45, 2.75) is 58.3 Å². The fourth-order valence-electron chi connectivity index (χ4n) is 2.07. The van der Waals surface area contributed by atoms with Gasteiger partial charge in [-0.25, -0.2) is 19.6 Å². The summed E-state index contributed by atoms with van der Waals surface area (Å²) in [5.41, 5.74) is 0. The Bertz CT molecular complexity index is 280. The van der Waals surface area contributed by atoms with Gasteiger partial charge in [0.05, 0.1) is 13.1 Å². The van der Waals surface area contributed by atoms with E-state index in [0.717, 1.165) is 31.6 Å². The van der Waals surface area contributed by atoms with E-state index in [1.807, 2.05) is 0 Å². The van der Waals surface area contributed by atoms with Crippen molar-refractivity contribution in [1.82, 2.24) is 0 Å². The van der Waals surface area contributed by atoms with Gasteiger partial charge in [0.15, 0.2) is 0 Å². The summed E-state index contributed by atoms with van der Waals surface area (Å²) in [7, 11) is 0. The molecule has 1 unspecified atom stereocenters. The topological polar surface area (TPSA) is 58.9 Å². The van der Waals surface area contributed by atoms with Crippen molar-refractivity contribution in [2.75, 3.05) is 13.1 Å². The third-order valence-electron chi connectivity index (χ3n) is 3.22. The molecule has 1 atom stereocenters. The van der Waals surface area contributed by atoms with Gasteiger partial charge in [-0.1, -0.05) is 45.4 Å². The van der Waals surface area contributed by atoms with Crippen molar-refractivity contribution in [3.05, 3.63) is 0 Å². The number of rotatable bonds is 12. The van der Waals surface area contributed by atoms with Gasteiger partial charge >= 0.3 is 0 Å². The lowest BCUT2D eigenvalue weighted by Crippen LogP contribution is -2.00. The Labute approximate surface area is 110 Å². The molecule has 0 bridgehead atoms. The van der Waals surface area contributed by atoms with Gasteiger partial charge in [-0.2, -0.15) is 0 Å². The fraction of sp³-hybridized carbons (Fsp3) is 0.857. The Hall–Kier alpha value is -1.24. The Balaban J connectivity index is 3.45. The molecule has 0 aliphatic carbocycles. The van der Waals surface area contributed by atoms with Gasteiger partial charge < -0.3 is 0 Å². The van der Waals surface area contributed by atoms with E-state index in [1.54, 1.807) is 12.2 Å². The number of aliphatic imine (C=N–C) groups is 2. The minimum atomic E-state index is 0.615. The lowest BCUT2D eigenvalue weighted by atomic mass is 9.93. The second kappa shape index (κ2) is 13.8. The van der Waals surface area contributed by atoms with Crippen molar-refractivity contribution in [3.63, 3.8) is 0 Å². The maximum Gasteiger partial charge on any atom is 0.234 e. The highest BCUT2D eigenvalue weighted by Gasteiger charge is 2.05. The second-order valence-corrected chi connectivity index (χ2v) is 4.57. The first-order valence-electron chi connectivity index (χ1n) is 6.92. The summed E-state index contributed by atoms with van der Waals surface area (Å²) in [5.74, 6) is 0.778. The molecule has 0 aromatic rings. The second-order valence-electron chi connectivity index (χ2n) is 4.57. The van der Waals surface area contributed by atoms with Crippen LogP contribution in [0.5, 0.6) is 0 Å². The molecule has 0 spiro atoms. The summed E-state index contributed by atoms with van der Waals surface area (Å²) in [6, 6.07) is 0. The average molecular weight is 252 g/mol. The van der Waals surface area contributed by atoms with Gasteiger partial charge in [0.25, 0.3) is 0 Å². The van der Waals surface area contributed by atoms with E-state index in [4.69, 9.17) is 0 Å². The number of unbranched alkanes of at least 4 members (excludes halogenated alkanes) is 3. The molecule has 0 saturated carbocycles. The third-order valence-corrected chi connectivity index (χ3v) is 3.22. The Morgan fingerprint density at radius 2 is 1.33 bits per heavy atom. The molecule has 0 rings (SSSR count). The molecule has 4 nitrogen and oxygen atoms in total. The van der Waals surface area contributed by atoms with Gasteiger partial charge in [-0.15, -0.1) is 0 Å². The molecule has 18 heavy (non-hydrogen) atoms. The van der Waals surface area contributed by atoms with Gasteiger partial charge in [-0.3, -0.25) is 0 Å². The predicted molar refractivity (Wildman–Crippen MR) is 72.1 cm³/mol. The zero-order valence-electron chi connectivity index (χ0n) is 11.4.